The Balaban J connectivity index is 1.44. The van der Waals surface area contributed by atoms with E-state index in [1.54, 1.807) is 12.1 Å². The molecule has 0 atom stereocenters. The first kappa shape index (κ1) is 18.5. The summed E-state index contributed by atoms with van der Waals surface area (Å²) in [6.45, 7) is 2.04. The number of amides is 1. The molecular weight excluding hydrogens is 370 g/mol. The minimum absolute atomic E-state index is 0.121. The molecule has 1 aliphatic rings. The lowest BCUT2D eigenvalue weighted by atomic mass is 10.1. The van der Waals surface area contributed by atoms with Crippen molar-refractivity contribution in [2.75, 3.05) is 23.3 Å². The minimum Gasteiger partial charge on any atom is -0.355 e. The number of benzene rings is 2. The van der Waals surface area contributed by atoms with Crippen molar-refractivity contribution in [2.24, 2.45) is 0 Å². The van der Waals surface area contributed by atoms with E-state index in [0.717, 1.165) is 30.2 Å². The van der Waals surface area contributed by atoms with Gasteiger partial charge in [-0.3, -0.25) is 14.9 Å². The number of aromatic nitrogens is 2. The van der Waals surface area contributed by atoms with Crippen molar-refractivity contribution in [2.45, 2.75) is 12.8 Å². The molecule has 3 aromatic rings. The molecule has 2 heterocycles. The van der Waals surface area contributed by atoms with Gasteiger partial charge in [-0.05, 0) is 43.2 Å². The van der Waals surface area contributed by atoms with Gasteiger partial charge in [-0.1, -0.05) is 18.2 Å². The molecule has 0 saturated carbocycles. The molecule has 1 aromatic heterocycles. The van der Waals surface area contributed by atoms with Crippen LogP contribution >= 0.6 is 0 Å². The molecule has 0 aliphatic carbocycles. The summed E-state index contributed by atoms with van der Waals surface area (Å²) in [6.07, 6.45) is 2.37. The summed E-state index contributed by atoms with van der Waals surface area (Å²) in [5.41, 5.74) is 2.34. The number of hydrogen-bond acceptors (Lipinski definition) is 6. The number of nitro benzene ring substituents is 1. The molecule has 4 rings (SSSR count). The lowest BCUT2D eigenvalue weighted by Crippen LogP contribution is -2.19. The van der Waals surface area contributed by atoms with Crippen LogP contribution in [0.5, 0.6) is 0 Å². The average molecular weight is 389 g/mol. The van der Waals surface area contributed by atoms with Crippen molar-refractivity contribution in [1.82, 2.24) is 10.2 Å². The molecule has 1 saturated heterocycles. The summed E-state index contributed by atoms with van der Waals surface area (Å²) < 4.78 is 0. The molecule has 1 N–H and O–H groups in total. The lowest BCUT2D eigenvalue weighted by Gasteiger charge is -2.15. The van der Waals surface area contributed by atoms with Gasteiger partial charge in [-0.2, -0.15) is 0 Å². The predicted molar refractivity (Wildman–Crippen MR) is 110 cm³/mol. The zero-order valence-corrected chi connectivity index (χ0v) is 15.6. The second-order valence-corrected chi connectivity index (χ2v) is 6.81. The van der Waals surface area contributed by atoms with Crippen molar-refractivity contribution in [3.8, 4) is 11.3 Å². The highest BCUT2D eigenvalue weighted by molar-refractivity contribution is 6.04. The minimum atomic E-state index is -0.526. The number of nitrogens with one attached hydrogen (secondary N) is 1. The highest BCUT2D eigenvalue weighted by atomic mass is 16.6. The quantitative estimate of drug-likeness (QED) is 0.524. The Morgan fingerprint density at radius 2 is 1.76 bits per heavy atom. The van der Waals surface area contributed by atoms with Gasteiger partial charge in [0.1, 0.15) is 0 Å². The molecule has 8 heteroatoms. The molecule has 146 valence electrons. The van der Waals surface area contributed by atoms with E-state index in [1.807, 2.05) is 24.3 Å². The van der Waals surface area contributed by atoms with Crippen molar-refractivity contribution >= 4 is 23.1 Å². The maximum Gasteiger partial charge on any atom is 0.270 e. The van der Waals surface area contributed by atoms with Crippen LogP contribution in [0.3, 0.4) is 0 Å². The Morgan fingerprint density at radius 3 is 2.41 bits per heavy atom. The molecule has 0 unspecified atom stereocenters. The first-order chi connectivity index (χ1) is 14.1. The van der Waals surface area contributed by atoms with E-state index < -0.39 is 10.8 Å². The van der Waals surface area contributed by atoms with Gasteiger partial charge in [0.25, 0.3) is 11.6 Å². The maximum absolute atomic E-state index is 12.3. The van der Waals surface area contributed by atoms with E-state index in [4.69, 9.17) is 0 Å². The van der Waals surface area contributed by atoms with E-state index >= 15 is 0 Å². The number of nitrogens with zero attached hydrogens (tertiary/aromatic N) is 4. The van der Waals surface area contributed by atoms with Gasteiger partial charge in [0.15, 0.2) is 5.82 Å². The van der Waals surface area contributed by atoms with Crippen molar-refractivity contribution < 1.29 is 9.72 Å². The van der Waals surface area contributed by atoms with Gasteiger partial charge in [-0.15, -0.1) is 10.2 Å². The third-order valence-corrected chi connectivity index (χ3v) is 4.84. The molecule has 8 nitrogen and oxygen atoms in total. The number of anilines is 2. The first-order valence-electron chi connectivity index (χ1n) is 9.35. The van der Waals surface area contributed by atoms with E-state index in [1.165, 1.54) is 37.1 Å². The van der Waals surface area contributed by atoms with Crippen LogP contribution in [0.25, 0.3) is 11.3 Å². The summed E-state index contributed by atoms with van der Waals surface area (Å²) in [4.78, 5) is 24.9. The second-order valence-electron chi connectivity index (χ2n) is 6.81. The number of hydrogen-bond donors (Lipinski definition) is 1. The summed E-state index contributed by atoms with van der Waals surface area (Å²) >= 11 is 0. The number of nitro groups is 1. The van der Waals surface area contributed by atoms with E-state index in [0.29, 0.717) is 5.69 Å². The topological polar surface area (TPSA) is 101 Å². The van der Waals surface area contributed by atoms with Crippen LogP contribution in [-0.2, 0) is 0 Å². The molecule has 0 bridgehead atoms. The molecule has 1 aliphatic heterocycles. The molecule has 29 heavy (non-hydrogen) atoms. The summed E-state index contributed by atoms with van der Waals surface area (Å²) in [6, 6.07) is 16.8. The lowest BCUT2D eigenvalue weighted by molar-refractivity contribution is -0.384. The fourth-order valence-corrected chi connectivity index (χ4v) is 3.28. The Kier molecular flexibility index (Phi) is 5.15. The van der Waals surface area contributed by atoms with Crippen LogP contribution in [0.15, 0.2) is 60.7 Å². The highest BCUT2D eigenvalue weighted by Gasteiger charge is 2.14. The van der Waals surface area contributed by atoms with Crippen LogP contribution in [0.4, 0.5) is 17.2 Å². The van der Waals surface area contributed by atoms with Crippen LogP contribution in [0, 0.1) is 10.1 Å². The van der Waals surface area contributed by atoms with Gasteiger partial charge in [0, 0.05) is 42.0 Å². The SMILES string of the molecule is O=C(Nc1ccc(-c2ccc(N3CCCC3)nn2)cc1)c1cccc([N+](=O)[O-])c1. The molecule has 2 aromatic carbocycles. The highest BCUT2D eigenvalue weighted by Crippen LogP contribution is 2.23. The normalized spacial score (nSPS) is 13.3. The summed E-state index contributed by atoms with van der Waals surface area (Å²) in [5, 5.41) is 22.2. The van der Waals surface area contributed by atoms with Gasteiger partial charge in [0.2, 0.25) is 0 Å². The van der Waals surface area contributed by atoms with E-state index in [-0.39, 0.29) is 11.3 Å². The average Bonchev–Trinajstić information content (AvgIpc) is 3.29. The smallest absolute Gasteiger partial charge is 0.270 e. The molecular formula is C21H19N5O3. The Morgan fingerprint density at radius 1 is 1.00 bits per heavy atom. The van der Waals surface area contributed by atoms with Crippen LogP contribution in [0.1, 0.15) is 23.2 Å². The van der Waals surface area contributed by atoms with Crippen molar-refractivity contribution in [1.29, 1.82) is 0 Å². The third-order valence-electron chi connectivity index (χ3n) is 4.84. The van der Waals surface area contributed by atoms with E-state index in [9.17, 15) is 14.9 Å². The van der Waals surface area contributed by atoms with Gasteiger partial charge in [-0.25, -0.2) is 0 Å². The fraction of sp³-hybridized carbons (Fsp3) is 0.190. The van der Waals surface area contributed by atoms with Gasteiger partial charge in [0.05, 0.1) is 10.6 Å². The van der Waals surface area contributed by atoms with Crippen molar-refractivity contribution in [3.63, 3.8) is 0 Å². The number of non-ortho nitro benzene ring substituents is 1. The van der Waals surface area contributed by atoms with E-state index in [2.05, 4.69) is 20.4 Å². The third kappa shape index (κ3) is 4.21. The number of carbonyl (C=O) groups is 1. The van der Waals surface area contributed by atoms with Gasteiger partial charge >= 0.3 is 0 Å². The standard InChI is InChI=1S/C21H19N5O3/c27-21(16-4-3-5-18(14-16)26(28)29)22-17-8-6-15(7-9-17)19-10-11-20(24-23-19)25-12-1-2-13-25/h3-11,14H,1-2,12-13H2,(H,22,27). The monoisotopic (exact) mass is 389 g/mol. The Bertz CT molecular complexity index is 1030. The summed E-state index contributed by atoms with van der Waals surface area (Å²) in [7, 11) is 0. The van der Waals surface area contributed by atoms with Crippen LogP contribution in [0.2, 0.25) is 0 Å². The molecule has 1 amide bonds. The number of carbonyl (C=O) groups excluding carboxylic acids is 1. The zero-order valence-electron chi connectivity index (χ0n) is 15.6. The zero-order chi connectivity index (χ0) is 20.2. The van der Waals surface area contributed by atoms with Crippen molar-refractivity contribution in [3.05, 3.63) is 76.3 Å². The molecule has 0 radical (unpaired) electrons. The van der Waals surface area contributed by atoms with Crippen LogP contribution < -0.4 is 10.2 Å². The second kappa shape index (κ2) is 8.05. The number of rotatable bonds is 5. The van der Waals surface area contributed by atoms with Gasteiger partial charge < -0.3 is 10.2 Å². The van der Waals surface area contributed by atoms with Crippen LogP contribution in [-0.4, -0.2) is 34.1 Å². The largest absolute Gasteiger partial charge is 0.355 e. The Labute approximate surface area is 167 Å². The molecule has 0 spiro atoms. The fourth-order valence-electron chi connectivity index (χ4n) is 3.28. The maximum atomic E-state index is 12.3. The molecule has 1 fully saturated rings. The Hall–Kier alpha value is -3.81. The first-order valence-corrected chi connectivity index (χ1v) is 9.35. The summed E-state index contributed by atoms with van der Waals surface area (Å²) in [5.74, 6) is 0.489. The predicted octanol–water partition coefficient (Wildman–Crippen LogP) is 3.90.